The van der Waals surface area contributed by atoms with Gasteiger partial charge in [-0.2, -0.15) is 13.2 Å². The third-order valence-corrected chi connectivity index (χ3v) is 5.00. The van der Waals surface area contributed by atoms with Crippen LogP contribution in [0.4, 0.5) is 13.2 Å². The van der Waals surface area contributed by atoms with Crippen LogP contribution in [0.25, 0.3) is 0 Å². The maximum absolute atomic E-state index is 12.1. The van der Waals surface area contributed by atoms with Crippen LogP contribution in [-0.4, -0.2) is 36.2 Å². The summed E-state index contributed by atoms with van der Waals surface area (Å²) >= 11 is 0. The van der Waals surface area contributed by atoms with E-state index in [4.69, 9.17) is 5.11 Å². The highest BCUT2D eigenvalue weighted by atomic mass is 32.2. The minimum Gasteiger partial charge on any atom is -0.480 e. The first kappa shape index (κ1) is 12.3. The fraction of sp³-hybridized carbons (Fsp3) is 0.857. The molecule has 15 heavy (non-hydrogen) atoms. The highest BCUT2D eigenvalue weighted by Gasteiger charge is 2.59. The van der Waals surface area contributed by atoms with Crippen LogP contribution in [0.3, 0.4) is 0 Å². The topological polar surface area (TPSA) is 71.4 Å². The molecule has 1 heterocycles. The van der Waals surface area contributed by atoms with Gasteiger partial charge in [-0.1, -0.05) is 0 Å². The Bertz CT molecular complexity index is 372. The second kappa shape index (κ2) is 3.36. The summed E-state index contributed by atoms with van der Waals surface area (Å²) in [5.74, 6) is -2.40. The Balaban J connectivity index is 3.17. The Morgan fingerprint density at radius 3 is 2.20 bits per heavy atom. The van der Waals surface area contributed by atoms with E-state index in [0.717, 1.165) is 0 Å². The molecule has 1 atom stereocenters. The van der Waals surface area contributed by atoms with Gasteiger partial charge in [0, 0.05) is 0 Å². The van der Waals surface area contributed by atoms with Gasteiger partial charge in [-0.05, 0) is 12.8 Å². The van der Waals surface area contributed by atoms with E-state index >= 15 is 0 Å². The largest absolute Gasteiger partial charge is 0.480 e. The average Bonchev–Trinajstić information content (AvgIpc) is 2.24. The molecule has 0 aromatic rings. The van der Waals surface area contributed by atoms with Crippen molar-refractivity contribution in [2.75, 3.05) is 5.75 Å². The van der Waals surface area contributed by atoms with E-state index in [2.05, 4.69) is 0 Å². The van der Waals surface area contributed by atoms with Gasteiger partial charge in [0.1, 0.15) is 0 Å². The van der Waals surface area contributed by atoms with E-state index in [9.17, 15) is 26.4 Å². The van der Waals surface area contributed by atoms with Crippen LogP contribution in [0.15, 0.2) is 0 Å². The second-order valence-electron chi connectivity index (χ2n) is 3.51. The highest BCUT2D eigenvalue weighted by molar-refractivity contribution is 7.93. The summed E-state index contributed by atoms with van der Waals surface area (Å²) in [4.78, 5) is 10.7. The number of carbonyl (C=O) groups is 1. The molecule has 1 N–H and O–H groups in total. The number of carboxylic acid groups (broad SMARTS) is 1. The number of hydrogen-bond donors (Lipinski definition) is 1. The van der Waals surface area contributed by atoms with Crippen molar-refractivity contribution in [3.63, 3.8) is 0 Å². The Morgan fingerprint density at radius 1 is 1.40 bits per heavy atom. The Hall–Kier alpha value is -0.790. The third kappa shape index (κ3) is 2.09. The summed E-state index contributed by atoms with van der Waals surface area (Å²) in [5.41, 5.74) is 0. The summed E-state index contributed by atoms with van der Waals surface area (Å²) in [7, 11) is -4.20. The number of alkyl halides is 3. The summed E-state index contributed by atoms with van der Waals surface area (Å²) in [6.07, 6.45) is -7.11. The van der Waals surface area contributed by atoms with E-state index < -0.39 is 45.3 Å². The quantitative estimate of drug-likeness (QED) is 0.788. The molecule has 1 unspecified atom stereocenters. The summed E-state index contributed by atoms with van der Waals surface area (Å²) < 4.78 is 56.4. The molecule has 0 bridgehead atoms. The number of sulfone groups is 1. The van der Waals surface area contributed by atoms with Crippen molar-refractivity contribution < 1.29 is 31.5 Å². The Kier molecular flexibility index (Phi) is 2.75. The molecule has 0 amide bonds. The lowest BCUT2D eigenvalue weighted by molar-refractivity contribution is -0.160. The smallest absolute Gasteiger partial charge is 0.391 e. The summed E-state index contributed by atoms with van der Waals surface area (Å²) in [6.45, 7) is 0. The van der Waals surface area contributed by atoms with E-state index in [-0.39, 0.29) is 6.42 Å². The second-order valence-corrected chi connectivity index (χ2v) is 5.93. The van der Waals surface area contributed by atoms with Crippen LogP contribution < -0.4 is 0 Å². The molecular formula is C7H9F3O4S. The lowest BCUT2D eigenvalue weighted by Crippen LogP contribution is -2.46. The predicted octanol–water partition coefficient (Wildman–Crippen LogP) is 0.971. The monoisotopic (exact) mass is 246 g/mol. The lowest BCUT2D eigenvalue weighted by atomic mass is 9.99. The number of rotatable bonds is 2. The van der Waals surface area contributed by atoms with E-state index in [1.807, 2.05) is 0 Å². The van der Waals surface area contributed by atoms with Crippen LogP contribution in [0.1, 0.15) is 19.3 Å². The molecule has 8 heteroatoms. The van der Waals surface area contributed by atoms with E-state index in [1.165, 1.54) is 0 Å². The van der Waals surface area contributed by atoms with Gasteiger partial charge in [0.15, 0.2) is 14.6 Å². The fourth-order valence-corrected chi connectivity index (χ4v) is 3.76. The molecule has 0 aromatic heterocycles. The van der Waals surface area contributed by atoms with Crippen LogP contribution in [0, 0.1) is 0 Å². The van der Waals surface area contributed by atoms with Gasteiger partial charge in [-0.25, -0.2) is 8.42 Å². The zero-order chi connectivity index (χ0) is 11.9. The molecule has 0 saturated carbocycles. The predicted molar refractivity (Wildman–Crippen MR) is 44.1 cm³/mol. The van der Waals surface area contributed by atoms with Gasteiger partial charge < -0.3 is 5.11 Å². The van der Waals surface area contributed by atoms with Crippen molar-refractivity contribution in [2.24, 2.45) is 0 Å². The molecule has 0 aliphatic carbocycles. The number of carboxylic acids is 1. The van der Waals surface area contributed by atoms with Gasteiger partial charge in [0.2, 0.25) is 0 Å². The van der Waals surface area contributed by atoms with Crippen molar-refractivity contribution in [1.29, 1.82) is 0 Å². The minimum atomic E-state index is -4.80. The van der Waals surface area contributed by atoms with E-state index in [1.54, 1.807) is 0 Å². The normalized spacial score (nSPS) is 30.3. The van der Waals surface area contributed by atoms with Gasteiger partial charge in [-0.15, -0.1) is 0 Å². The van der Waals surface area contributed by atoms with Crippen LogP contribution in [0.2, 0.25) is 0 Å². The Morgan fingerprint density at radius 2 is 1.93 bits per heavy atom. The van der Waals surface area contributed by atoms with Crippen molar-refractivity contribution in [2.45, 2.75) is 30.2 Å². The van der Waals surface area contributed by atoms with E-state index in [0.29, 0.717) is 0 Å². The van der Waals surface area contributed by atoms with Crippen molar-refractivity contribution in [1.82, 2.24) is 0 Å². The molecule has 1 saturated heterocycles. The molecule has 1 fully saturated rings. The van der Waals surface area contributed by atoms with Crippen LogP contribution in [0.5, 0.6) is 0 Å². The molecule has 0 radical (unpaired) electrons. The zero-order valence-electron chi connectivity index (χ0n) is 7.54. The van der Waals surface area contributed by atoms with Gasteiger partial charge in [0.05, 0.1) is 12.2 Å². The molecule has 4 nitrogen and oxygen atoms in total. The maximum Gasteiger partial charge on any atom is 0.391 e. The van der Waals surface area contributed by atoms with Gasteiger partial charge in [-0.3, -0.25) is 4.79 Å². The molecule has 0 spiro atoms. The highest BCUT2D eigenvalue weighted by Crippen LogP contribution is 2.41. The summed E-state index contributed by atoms with van der Waals surface area (Å²) in [5, 5.41) is 8.68. The molecule has 1 aliphatic rings. The lowest BCUT2D eigenvalue weighted by Gasteiger charge is -2.23. The molecule has 88 valence electrons. The summed E-state index contributed by atoms with van der Waals surface area (Å²) in [6, 6.07) is 0. The Labute approximate surface area is 84.0 Å². The first-order valence-corrected chi connectivity index (χ1v) is 5.78. The number of hydrogen-bond acceptors (Lipinski definition) is 3. The fourth-order valence-electron chi connectivity index (χ4n) is 1.74. The molecule has 0 aromatic carbocycles. The van der Waals surface area contributed by atoms with Crippen LogP contribution in [-0.2, 0) is 14.6 Å². The molecule has 1 aliphatic heterocycles. The first-order chi connectivity index (χ1) is 6.61. The zero-order valence-corrected chi connectivity index (χ0v) is 8.36. The average molecular weight is 246 g/mol. The third-order valence-electron chi connectivity index (χ3n) is 2.46. The number of aliphatic carboxylic acids is 1. The van der Waals surface area contributed by atoms with Gasteiger partial charge >= 0.3 is 12.1 Å². The van der Waals surface area contributed by atoms with Crippen LogP contribution >= 0.6 is 0 Å². The minimum absolute atomic E-state index is 0.0370. The first-order valence-electron chi connectivity index (χ1n) is 4.13. The number of halogens is 3. The molecule has 1 rings (SSSR count). The maximum atomic E-state index is 12.1. The molecular weight excluding hydrogens is 237 g/mol. The van der Waals surface area contributed by atoms with Gasteiger partial charge in [0.25, 0.3) is 0 Å². The van der Waals surface area contributed by atoms with Crippen molar-refractivity contribution >= 4 is 15.8 Å². The SMILES string of the molecule is O=C(O)C1(CC(F)(F)F)CCCS1(=O)=O. The standard InChI is InChI=1S/C7H9F3O4S/c8-7(9,10)4-6(5(11)12)2-1-3-15(6,13)14/h1-4H2,(H,11,12). The van der Waals surface area contributed by atoms with Crippen molar-refractivity contribution in [3.05, 3.63) is 0 Å². The van der Waals surface area contributed by atoms with Crippen molar-refractivity contribution in [3.8, 4) is 0 Å².